The van der Waals surface area contributed by atoms with Crippen LogP contribution in [0.1, 0.15) is 30.4 Å². The van der Waals surface area contributed by atoms with Gasteiger partial charge in [0.1, 0.15) is 34.7 Å². The SMILES string of the molecule is C.CNCC(=O)O[C@H](C)Cn1c(C)c(C(=O)Nc2ccc(Oc3ccnc4cc(OC)ccc34)cn2)c(=O)n1-c1ccccc1. The van der Waals surface area contributed by atoms with Crippen molar-refractivity contribution in [1.82, 2.24) is 24.6 Å². The summed E-state index contributed by atoms with van der Waals surface area (Å²) < 4.78 is 19.8. The molecule has 0 fully saturated rings. The van der Waals surface area contributed by atoms with Gasteiger partial charge in [0.15, 0.2) is 0 Å². The second-order valence-corrected chi connectivity index (χ2v) is 9.95. The Morgan fingerprint density at radius 2 is 1.76 bits per heavy atom. The molecule has 0 saturated carbocycles. The average Bonchev–Trinajstić information content (AvgIpc) is 3.26. The van der Waals surface area contributed by atoms with Crippen LogP contribution in [-0.2, 0) is 16.1 Å². The lowest BCUT2D eigenvalue weighted by molar-refractivity contribution is -0.147. The summed E-state index contributed by atoms with van der Waals surface area (Å²) in [5.74, 6) is 0.909. The highest BCUT2D eigenvalue weighted by molar-refractivity contribution is 6.04. The molecular weight excluding hydrogens is 576 g/mol. The first-order chi connectivity index (χ1) is 21.3. The Bertz CT molecular complexity index is 1850. The lowest BCUT2D eigenvalue weighted by atomic mass is 10.2. The fraction of sp³-hybridized carbons (Fsp3) is 0.242. The predicted octanol–water partition coefficient (Wildman–Crippen LogP) is 4.73. The van der Waals surface area contributed by atoms with Gasteiger partial charge in [0.05, 0.1) is 43.3 Å². The normalized spacial score (nSPS) is 11.4. The summed E-state index contributed by atoms with van der Waals surface area (Å²) in [5, 5.41) is 6.27. The molecule has 0 aliphatic rings. The minimum absolute atomic E-state index is 0. The van der Waals surface area contributed by atoms with Crippen LogP contribution < -0.4 is 25.7 Å². The van der Waals surface area contributed by atoms with Crippen LogP contribution in [0.5, 0.6) is 17.2 Å². The highest BCUT2D eigenvalue weighted by Crippen LogP contribution is 2.30. The number of fused-ring (bicyclic) bond motifs is 1. The van der Waals surface area contributed by atoms with Gasteiger partial charge < -0.3 is 24.8 Å². The molecule has 0 spiro atoms. The summed E-state index contributed by atoms with van der Waals surface area (Å²) in [6.07, 6.45) is 2.55. The molecule has 2 aromatic carbocycles. The topological polar surface area (TPSA) is 139 Å². The number of pyridine rings is 2. The average molecular weight is 613 g/mol. The van der Waals surface area contributed by atoms with Gasteiger partial charge in [-0.25, -0.2) is 9.67 Å². The lowest BCUT2D eigenvalue weighted by Crippen LogP contribution is -2.30. The van der Waals surface area contributed by atoms with Crippen molar-refractivity contribution in [3.05, 3.63) is 101 Å². The van der Waals surface area contributed by atoms with Crippen LogP contribution in [0, 0.1) is 6.92 Å². The molecule has 234 valence electrons. The van der Waals surface area contributed by atoms with Crippen molar-refractivity contribution in [2.75, 3.05) is 26.0 Å². The van der Waals surface area contributed by atoms with Crippen LogP contribution >= 0.6 is 0 Å². The zero-order valence-electron chi connectivity index (χ0n) is 24.7. The molecule has 3 aromatic heterocycles. The van der Waals surface area contributed by atoms with Crippen LogP contribution in [0.15, 0.2) is 83.9 Å². The van der Waals surface area contributed by atoms with E-state index in [1.54, 1.807) is 81.3 Å². The molecule has 2 N–H and O–H groups in total. The summed E-state index contributed by atoms with van der Waals surface area (Å²) in [7, 11) is 3.24. The molecule has 12 heteroatoms. The van der Waals surface area contributed by atoms with Crippen LogP contribution in [0.2, 0.25) is 0 Å². The van der Waals surface area contributed by atoms with Crippen LogP contribution in [0.25, 0.3) is 16.6 Å². The van der Waals surface area contributed by atoms with E-state index in [9.17, 15) is 14.4 Å². The molecule has 0 aliphatic carbocycles. The van der Waals surface area contributed by atoms with Gasteiger partial charge >= 0.3 is 5.97 Å². The number of likely N-dealkylation sites (N-methyl/N-ethyl adjacent to an activating group) is 1. The van der Waals surface area contributed by atoms with Gasteiger partial charge in [0.2, 0.25) is 0 Å². The van der Waals surface area contributed by atoms with Crippen molar-refractivity contribution in [3.63, 3.8) is 0 Å². The van der Waals surface area contributed by atoms with Crippen molar-refractivity contribution in [3.8, 4) is 22.9 Å². The van der Waals surface area contributed by atoms with E-state index in [2.05, 4.69) is 20.6 Å². The number of methoxy groups -OCH3 is 1. The highest BCUT2D eigenvalue weighted by Gasteiger charge is 2.25. The zero-order valence-corrected chi connectivity index (χ0v) is 24.7. The number of rotatable bonds is 11. The zero-order chi connectivity index (χ0) is 31.2. The van der Waals surface area contributed by atoms with E-state index in [0.29, 0.717) is 34.1 Å². The molecule has 5 aromatic rings. The Balaban J connectivity index is 0.00000461. The van der Waals surface area contributed by atoms with Crippen molar-refractivity contribution in [2.45, 2.75) is 33.9 Å². The first-order valence-electron chi connectivity index (χ1n) is 13.9. The number of amides is 1. The lowest BCUT2D eigenvalue weighted by Gasteiger charge is -2.18. The molecule has 0 saturated heterocycles. The van der Waals surface area contributed by atoms with Crippen LogP contribution in [0.4, 0.5) is 5.82 Å². The third kappa shape index (κ3) is 7.19. The second-order valence-electron chi connectivity index (χ2n) is 9.95. The summed E-state index contributed by atoms with van der Waals surface area (Å²) in [6.45, 7) is 3.61. The molecular formula is C33H36N6O6. The molecule has 45 heavy (non-hydrogen) atoms. The maximum atomic E-state index is 13.7. The molecule has 0 unspecified atom stereocenters. The smallest absolute Gasteiger partial charge is 0.320 e. The minimum Gasteiger partial charge on any atom is -0.497 e. The molecule has 1 atom stereocenters. The van der Waals surface area contributed by atoms with Gasteiger partial charge in [-0.05, 0) is 63.4 Å². The number of aromatic nitrogens is 4. The number of nitrogens with zero attached hydrogens (tertiary/aromatic N) is 4. The molecule has 1 amide bonds. The monoisotopic (exact) mass is 612 g/mol. The predicted molar refractivity (Wildman–Crippen MR) is 172 cm³/mol. The minimum atomic E-state index is -0.619. The van der Waals surface area contributed by atoms with Crippen LogP contribution in [-0.4, -0.2) is 58.0 Å². The van der Waals surface area contributed by atoms with Gasteiger partial charge in [0.25, 0.3) is 11.5 Å². The van der Waals surface area contributed by atoms with E-state index in [0.717, 1.165) is 5.39 Å². The third-order valence-electron chi connectivity index (χ3n) is 6.82. The Kier molecular flexibility index (Phi) is 10.3. The van der Waals surface area contributed by atoms with Gasteiger partial charge in [-0.2, -0.15) is 0 Å². The van der Waals surface area contributed by atoms with Crippen molar-refractivity contribution < 1.29 is 23.8 Å². The molecule has 0 bridgehead atoms. The molecule has 12 nitrogen and oxygen atoms in total. The van der Waals surface area contributed by atoms with E-state index >= 15 is 0 Å². The maximum absolute atomic E-state index is 13.7. The van der Waals surface area contributed by atoms with Crippen molar-refractivity contribution in [2.24, 2.45) is 0 Å². The third-order valence-corrected chi connectivity index (χ3v) is 6.82. The van der Waals surface area contributed by atoms with Crippen LogP contribution in [0.3, 0.4) is 0 Å². The van der Waals surface area contributed by atoms with E-state index in [4.69, 9.17) is 14.2 Å². The Hall–Kier alpha value is -5.49. The number of carbonyl (C=O) groups is 2. The van der Waals surface area contributed by atoms with E-state index < -0.39 is 23.5 Å². The van der Waals surface area contributed by atoms with Crippen molar-refractivity contribution >= 4 is 28.6 Å². The number of esters is 1. The Labute approximate surface area is 260 Å². The quantitative estimate of drug-likeness (QED) is 0.203. The highest BCUT2D eigenvalue weighted by atomic mass is 16.5. The molecule has 3 heterocycles. The number of carbonyl (C=O) groups excluding carboxylic acids is 2. The standard InChI is InChI=1S/C32H32N6O6.CH4/c1-20(43-29(39)18-33-3)19-37-21(2)30(32(41)38(37)22-8-6-5-7-9-22)31(40)36-28-13-11-24(17-35-28)44-27-14-15-34-26-16-23(42-4)10-12-25(26)27;/h5-17,20,33H,18-19H2,1-4H3,(H,35,36,40);1H4/t20-;/m1./s1. The number of hydrogen-bond donors (Lipinski definition) is 2. The Morgan fingerprint density at radius 1 is 1.00 bits per heavy atom. The van der Waals surface area contributed by atoms with E-state index in [-0.39, 0.29) is 31.9 Å². The fourth-order valence-electron chi connectivity index (χ4n) is 4.78. The number of nitrogens with one attached hydrogen (secondary N) is 2. The van der Waals surface area contributed by atoms with E-state index in [1.165, 1.54) is 10.9 Å². The maximum Gasteiger partial charge on any atom is 0.320 e. The number of anilines is 1. The first kappa shape index (κ1) is 32.4. The first-order valence-corrected chi connectivity index (χ1v) is 13.9. The largest absolute Gasteiger partial charge is 0.497 e. The second kappa shape index (κ2) is 14.3. The molecule has 5 rings (SSSR count). The number of benzene rings is 2. The van der Waals surface area contributed by atoms with Gasteiger partial charge in [-0.1, -0.05) is 25.6 Å². The number of ether oxygens (including phenoxy) is 3. The fourth-order valence-corrected chi connectivity index (χ4v) is 4.78. The summed E-state index contributed by atoms with van der Waals surface area (Å²) >= 11 is 0. The van der Waals surface area contributed by atoms with E-state index in [1.807, 2.05) is 24.3 Å². The van der Waals surface area contributed by atoms with Gasteiger partial charge in [-0.3, -0.25) is 24.0 Å². The molecule has 0 aliphatic heterocycles. The molecule has 0 radical (unpaired) electrons. The van der Waals surface area contributed by atoms with Gasteiger partial charge in [0, 0.05) is 17.6 Å². The van der Waals surface area contributed by atoms with Gasteiger partial charge in [-0.15, -0.1) is 0 Å². The van der Waals surface area contributed by atoms with Crippen molar-refractivity contribution in [1.29, 1.82) is 0 Å². The summed E-state index contributed by atoms with van der Waals surface area (Å²) in [6, 6.07) is 19.5. The summed E-state index contributed by atoms with van der Waals surface area (Å²) in [5.41, 5.74) is 1.13. The Morgan fingerprint density at radius 3 is 2.44 bits per heavy atom. The number of para-hydroxylation sites is 1. The number of hydrogen-bond acceptors (Lipinski definition) is 9. The summed E-state index contributed by atoms with van der Waals surface area (Å²) in [4.78, 5) is 47.8.